The topological polar surface area (TPSA) is 17.1 Å². The number of halogens is 3. The van der Waals surface area contributed by atoms with Gasteiger partial charge in [0.25, 0.3) is 0 Å². The van der Waals surface area contributed by atoms with Crippen LogP contribution in [0.2, 0.25) is 0 Å². The molecule has 1 unspecified atom stereocenters. The van der Waals surface area contributed by atoms with Crippen LogP contribution in [-0.4, -0.2) is 12.0 Å². The molecule has 0 bridgehead atoms. The zero-order chi connectivity index (χ0) is 9.35. The van der Waals surface area contributed by atoms with E-state index in [0.717, 1.165) is 6.08 Å². The standard InChI is InChI=1S/C8H6F3O/c1-5-2-3-6(7(12)4-5)8(9,10)11/h2-3,6H,1H3. The number of carbonyl (C=O) groups excluding carboxylic acids is 1. The van der Waals surface area contributed by atoms with Crippen LogP contribution in [0.4, 0.5) is 13.2 Å². The van der Waals surface area contributed by atoms with Gasteiger partial charge in [0.15, 0.2) is 5.78 Å². The maximum absolute atomic E-state index is 12.0. The van der Waals surface area contributed by atoms with Crippen LogP contribution < -0.4 is 0 Å². The molecule has 0 aromatic carbocycles. The van der Waals surface area contributed by atoms with Gasteiger partial charge >= 0.3 is 6.18 Å². The van der Waals surface area contributed by atoms with Crippen molar-refractivity contribution in [2.75, 3.05) is 0 Å². The molecule has 0 aliphatic heterocycles. The molecule has 1 radical (unpaired) electrons. The van der Waals surface area contributed by atoms with Crippen molar-refractivity contribution >= 4 is 5.78 Å². The molecular weight excluding hydrogens is 169 g/mol. The van der Waals surface area contributed by atoms with Crippen LogP contribution >= 0.6 is 0 Å². The number of hydrogen-bond acceptors (Lipinski definition) is 1. The average molecular weight is 175 g/mol. The number of hydrogen-bond donors (Lipinski definition) is 0. The van der Waals surface area contributed by atoms with Crippen LogP contribution in [0.15, 0.2) is 17.7 Å². The van der Waals surface area contributed by atoms with E-state index < -0.39 is 17.9 Å². The highest BCUT2D eigenvalue weighted by atomic mass is 19.4. The van der Waals surface area contributed by atoms with Crippen molar-refractivity contribution in [2.24, 2.45) is 5.92 Å². The van der Waals surface area contributed by atoms with Gasteiger partial charge in [-0.15, -0.1) is 0 Å². The zero-order valence-electron chi connectivity index (χ0n) is 6.27. The Balaban J connectivity index is 2.87. The van der Waals surface area contributed by atoms with Crippen LogP contribution in [0, 0.1) is 12.0 Å². The van der Waals surface area contributed by atoms with E-state index in [1.54, 1.807) is 0 Å². The molecule has 1 nitrogen and oxygen atoms in total. The van der Waals surface area contributed by atoms with Crippen LogP contribution in [0.1, 0.15) is 6.92 Å². The van der Waals surface area contributed by atoms with Crippen molar-refractivity contribution < 1.29 is 18.0 Å². The van der Waals surface area contributed by atoms with Crippen LogP contribution in [0.25, 0.3) is 0 Å². The van der Waals surface area contributed by atoms with E-state index in [1.807, 2.05) is 0 Å². The molecule has 0 saturated carbocycles. The molecule has 1 aliphatic carbocycles. The Morgan fingerprint density at radius 1 is 1.50 bits per heavy atom. The van der Waals surface area contributed by atoms with Gasteiger partial charge in [-0.05, 0) is 12.5 Å². The summed E-state index contributed by atoms with van der Waals surface area (Å²) >= 11 is 0. The Morgan fingerprint density at radius 2 is 2.08 bits per heavy atom. The van der Waals surface area contributed by atoms with Gasteiger partial charge in [-0.3, -0.25) is 4.79 Å². The highest BCUT2D eigenvalue weighted by Crippen LogP contribution is 2.30. The first-order valence-corrected chi connectivity index (χ1v) is 3.30. The van der Waals surface area contributed by atoms with E-state index in [1.165, 1.54) is 13.0 Å². The van der Waals surface area contributed by atoms with E-state index in [2.05, 4.69) is 6.08 Å². The molecule has 0 amide bonds. The summed E-state index contributed by atoms with van der Waals surface area (Å²) in [5, 5.41) is 0. The fraction of sp³-hybridized carbons (Fsp3) is 0.375. The van der Waals surface area contributed by atoms with Crippen molar-refractivity contribution in [3.8, 4) is 0 Å². The van der Waals surface area contributed by atoms with Gasteiger partial charge < -0.3 is 0 Å². The maximum atomic E-state index is 12.0. The Labute approximate surface area is 67.6 Å². The lowest BCUT2D eigenvalue weighted by Crippen LogP contribution is -2.29. The summed E-state index contributed by atoms with van der Waals surface area (Å²) in [5.41, 5.74) is 0.431. The second kappa shape index (κ2) is 2.77. The smallest absolute Gasteiger partial charge is 0.293 e. The lowest BCUT2D eigenvalue weighted by atomic mass is 9.96. The molecule has 0 aromatic rings. The minimum absolute atomic E-state index is 0.431. The third kappa shape index (κ3) is 1.75. The summed E-state index contributed by atoms with van der Waals surface area (Å²) in [7, 11) is 0. The zero-order valence-corrected chi connectivity index (χ0v) is 6.27. The third-order valence-electron chi connectivity index (χ3n) is 1.49. The van der Waals surface area contributed by atoms with Gasteiger partial charge in [-0.25, -0.2) is 0 Å². The van der Waals surface area contributed by atoms with E-state index in [4.69, 9.17) is 0 Å². The fourth-order valence-electron chi connectivity index (χ4n) is 0.899. The second-order valence-electron chi connectivity index (χ2n) is 2.55. The molecule has 4 heteroatoms. The lowest BCUT2D eigenvalue weighted by Gasteiger charge is -2.16. The molecule has 0 fully saturated rings. The molecule has 65 valence electrons. The Kier molecular flexibility index (Phi) is 2.08. The summed E-state index contributed by atoms with van der Waals surface area (Å²) < 4.78 is 36.0. The number of carbonyl (C=O) groups is 1. The first kappa shape index (κ1) is 9.03. The van der Waals surface area contributed by atoms with Crippen molar-refractivity contribution in [1.82, 2.24) is 0 Å². The highest BCUT2D eigenvalue weighted by Gasteiger charge is 2.42. The van der Waals surface area contributed by atoms with Crippen molar-refractivity contribution in [1.29, 1.82) is 0 Å². The SMILES string of the molecule is CC1=[C]C(=O)C(C(F)(F)F)C=C1. The third-order valence-corrected chi connectivity index (χ3v) is 1.49. The summed E-state index contributed by atoms with van der Waals surface area (Å²) in [6.45, 7) is 1.53. The number of alkyl halides is 3. The first-order valence-electron chi connectivity index (χ1n) is 3.30. The second-order valence-corrected chi connectivity index (χ2v) is 2.55. The van der Waals surface area contributed by atoms with Gasteiger partial charge in [-0.1, -0.05) is 12.2 Å². The minimum Gasteiger partial charge on any atom is -0.293 e. The Morgan fingerprint density at radius 3 is 2.50 bits per heavy atom. The normalized spacial score (nSPS) is 24.2. The quantitative estimate of drug-likeness (QED) is 0.550. The van der Waals surface area contributed by atoms with Gasteiger partial charge in [0.1, 0.15) is 5.92 Å². The molecule has 12 heavy (non-hydrogen) atoms. The summed E-state index contributed by atoms with van der Waals surface area (Å²) in [6.07, 6.45) is -0.273. The monoisotopic (exact) mass is 175 g/mol. The largest absolute Gasteiger partial charge is 0.402 e. The number of Topliss-reactive ketones (excluding diaryl/α,β-unsaturated/α-hetero) is 1. The van der Waals surface area contributed by atoms with Gasteiger partial charge in [0.2, 0.25) is 0 Å². The molecule has 1 rings (SSSR count). The van der Waals surface area contributed by atoms with E-state index in [9.17, 15) is 18.0 Å². The van der Waals surface area contributed by atoms with Crippen molar-refractivity contribution in [2.45, 2.75) is 13.1 Å². The number of rotatable bonds is 0. The molecule has 0 heterocycles. The van der Waals surface area contributed by atoms with Gasteiger partial charge in [0, 0.05) is 6.08 Å². The highest BCUT2D eigenvalue weighted by molar-refractivity contribution is 5.92. The number of allylic oxidation sites excluding steroid dienone is 4. The maximum Gasteiger partial charge on any atom is 0.402 e. The molecule has 0 aromatic heterocycles. The van der Waals surface area contributed by atoms with Crippen LogP contribution in [0.5, 0.6) is 0 Å². The van der Waals surface area contributed by atoms with Crippen LogP contribution in [0.3, 0.4) is 0 Å². The van der Waals surface area contributed by atoms with Crippen LogP contribution in [-0.2, 0) is 4.79 Å². The molecule has 1 atom stereocenters. The average Bonchev–Trinajstić information content (AvgIpc) is 1.83. The van der Waals surface area contributed by atoms with E-state index in [0.29, 0.717) is 5.57 Å². The minimum atomic E-state index is -4.48. The Hall–Kier alpha value is -1.06. The molecule has 1 aliphatic rings. The number of ketones is 1. The van der Waals surface area contributed by atoms with Crippen molar-refractivity contribution in [3.05, 3.63) is 23.8 Å². The first-order chi connectivity index (χ1) is 5.41. The molecular formula is C8H6F3O. The van der Waals surface area contributed by atoms with Gasteiger partial charge in [0.05, 0.1) is 0 Å². The lowest BCUT2D eigenvalue weighted by molar-refractivity contribution is -0.168. The summed E-state index contributed by atoms with van der Waals surface area (Å²) in [6, 6.07) is 0. The predicted molar refractivity (Wildman–Crippen MR) is 36.1 cm³/mol. The van der Waals surface area contributed by atoms with E-state index in [-0.39, 0.29) is 0 Å². The summed E-state index contributed by atoms with van der Waals surface area (Å²) in [5.74, 6) is -3.01. The fourth-order valence-corrected chi connectivity index (χ4v) is 0.899. The molecule has 0 N–H and O–H groups in total. The predicted octanol–water partition coefficient (Wildman–Crippen LogP) is 2.05. The van der Waals surface area contributed by atoms with Crippen molar-refractivity contribution in [3.63, 3.8) is 0 Å². The van der Waals surface area contributed by atoms with E-state index >= 15 is 0 Å². The van der Waals surface area contributed by atoms with Gasteiger partial charge in [-0.2, -0.15) is 13.2 Å². The molecule has 0 saturated heterocycles. The summed E-state index contributed by atoms with van der Waals surface area (Å²) in [4.78, 5) is 10.7. The Bertz CT molecular complexity index is 260. The molecule has 0 spiro atoms.